The van der Waals surface area contributed by atoms with E-state index in [4.69, 9.17) is 0 Å². The molecule has 31 heavy (non-hydrogen) atoms. The van der Waals surface area contributed by atoms with E-state index in [9.17, 15) is 23.9 Å². The average Bonchev–Trinajstić information content (AvgIpc) is 2.90. The fraction of sp³-hybridized carbons (Fsp3) is 0.333. The highest BCUT2D eigenvalue weighted by atomic mass is 32.2. The molecule has 10 heteroatoms. The second-order valence-corrected chi connectivity index (χ2v) is 9.31. The zero-order chi connectivity index (χ0) is 22.3. The van der Waals surface area contributed by atoms with E-state index in [0.717, 1.165) is 18.6 Å². The molecule has 2 amide bonds. The van der Waals surface area contributed by atoms with Gasteiger partial charge in [-0.2, -0.15) is 11.8 Å². The first-order chi connectivity index (χ1) is 14.8. The minimum atomic E-state index is -5.16. The van der Waals surface area contributed by atoms with Crippen molar-refractivity contribution < 1.29 is 28.5 Å². The number of thioether (sulfide) groups is 1. The average molecular weight is 462 g/mol. The Balaban J connectivity index is 1.56. The molecule has 0 unspecified atom stereocenters. The van der Waals surface area contributed by atoms with Gasteiger partial charge in [0.2, 0.25) is 5.91 Å². The van der Waals surface area contributed by atoms with Crippen LogP contribution in [0.2, 0.25) is 0 Å². The zero-order valence-corrected chi connectivity index (χ0v) is 18.5. The van der Waals surface area contributed by atoms with Crippen molar-refractivity contribution in [3.63, 3.8) is 0 Å². The van der Waals surface area contributed by atoms with Crippen molar-refractivity contribution in [2.24, 2.45) is 0 Å². The minimum Gasteiger partial charge on any atom is -0.780 e. The van der Waals surface area contributed by atoms with Crippen LogP contribution >= 0.6 is 19.6 Å². The summed E-state index contributed by atoms with van der Waals surface area (Å²) in [4.78, 5) is 48.6. The van der Waals surface area contributed by atoms with Gasteiger partial charge in [-0.15, -0.1) is 0 Å². The van der Waals surface area contributed by atoms with Gasteiger partial charge in [0.25, 0.3) is 5.91 Å². The van der Waals surface area contributed by atoms with E-state index >= 15 is 0 Å². The van der Waals surface area contributed by atoms with E-state index in [1.54, 1.807) is 16.7 Å². The van der Waals surface area contributed by atoms with Gasteiger partial charge in [-0.1, -0.05) is 30.3 Å². The standard InChI is InChI=1S/C21H25N2O6PS/c24-20(17-8-10-18(11-9-17)29-30(26,27)28)22-19-15-31-14-13-23(21(19)25)12-4-7-16-5-2-1-3-6-16/h1-3,5-6,8-11,19H,4,7,12-15H2,(H,22,24)(H2,26,27,28)/p-2/t19-/m0/s1. The Morgan fingerprint density at radius 1 is 1.16 bits per heavy atom. The number of benzene rings is 2. The third-order valence-corrected chi connectivity index (χ3v) is 6.25. The highest BCUT2D eigenvalue weighted by Crippen LogP contribution is 2.29. The van der Waals surface area contributed by atoms with Crippen LogP contribution in [0.3, 0.4) is 0 Å². The van der Waals surface area contributed by atoms with Crippen molar-refractivity contribution in [3.05, 3.63) is 65.7 Å². The SMILES string of the molecule is O=C(N[C@H]1CSCCN(CCCc2ccccc2)C1=O)c1ccc(OP(=O)([O-])[O-])cc1. The lowest BCUT2D eigenvalue weighted by molar-refractivity contribution is -0.333. The third-order valence-electron chi connectivity index (χ3n) is 4.78. The Labute approximate surface area is 185 Å². The summed E-state index contributed by atoms with van der Waals surface area (Å²) < 4.78 is 14.9. The molecule has 1 heterocycles. The summed E-state index contributed by atoms with van der Waals surface area (Å²) in [6.45, 7) is 1.26. The second kappa shape index (κ2) is 10.8. The number of aryl methyl sites for hydroxylation is 1. The zero-order valence-electron chi connectivity index (χ0n) is 16.8. The first-order valence-corrected chi connectivity index (χ1v) is 12.5. The molecular weight excluding hydrogens is 439 g/mol. The molecule has 1 aliphatic heterocycles. The molecule has 8 nitrogen and oxygen atoms in total. The van der Waals surface area contributed by atoms with Gasteiger partial charge in [0, 0.05) is 30.2 Å². The molecule has 1 aliphatic rings. The molecule has 0 aromatic heterocycles. The fourth-order valence-electron chi connectivity index (χ4n) is 3.26. The molecule has 2 aromatic carbocycles. The van der Waals surface area contributed by atoms with Crippen LogP contribution in [-0.2, 0) is 15.8 Å². The van der Waals surface area contributed by atoms with E-state index in [1.165, 1.54) is 29.8 Å². The molecule has 0 bridgehead atoms. The van der Waals surface area contributed by atoms with E-state index in [2.05, 4.69) is 22.0 Å². The lowest BCUT2D eigenvalue weighted by Gasteiger charge is -2.29. The molecule has 0 radical (unpaired) electrons. The van der Waals surface area contributed by atoms with Crippen molar-refractivity contribution in [3.8, 4) is 5.75 Å². The van der Waals surface area contributed by atoms with Crippen LogP contribution in [0.1, 0.15) is 22.3 Å². The van der Waals surface area contributed by atoms with Crippen molar-refractivity contribution in [1.82, 2.24) is 10.2 Å². The molecular formula is C21H23N2O6PS-2. The number of hydrogen-bond donors (Lipinski definition) is 1. The van der Waals surface area contributed by atoms with Crippen LogP contribution in [0.5, 0.6) is 5.75 Å². The molecule has 1 fully saturated rings. The Bertz CT molecular complexity index is 935. The molecule has 2 aromatic rings. The van der Waals surface area contributed by atoms with E-state index in [1.807, 2.05) is 18.2 Å². The first kappa shape index (κ1) is 23.3. The molecule has 1 saturated heterocycles. The Hall–Kier alpha value is -2.32. The molecule has 3 rings (SSSR count). The first-order valence-electron chi connectivity index (χ1n) is 9.85. The maximum Gasteiger partial charge on any atom is 0.251 e. The number of phosphoric acid groups is 1. The van der Waals surface area contributed by atoms with Crippen molar-refractivity contribution >= 4 is 31.4 Å². The molecule has 0 spiro atoms. The van der Waals surface area contributed by atoms with E-state index < -0.39 is 19.8 Å². The number of hydrogen-bond acceptors (Lipinski definition) is 7. The van der Waals surface area contributed by atoms with Gasteiger partial charge >= 0.3 is 0 Å². The Morgan fingerprint density at radius 3 is 2.55 bits per heavy atom. The smallest absolute Gasteiger partial charge is 0.251 e. The summed E-state index contributed by atoms with van der Waals surface area (Å²) in [6.07, 6.45) is 1.72. The lowest BCUT2D eigenvalue weighted by atomic mass is 10.1. The summed E-state index contributed by atoms with van der Waals surface area (Å²) in [7, 11) is -5.16. The van der Waals surface area contributed by atoms with Gasteiger partial charge in [0.1, 0.15) is 19.6 Å². The quantitative estimate of drug-likeness (QED) is 0.585. The van der Waals surface area contributed by atoms with E-state index in [0.29, 0.717) is 18.8 Å². The van der Waals surface area contributed by atoms with Crippen LogP contribution in [0.25, 0.3) is 0 Å². The number of nitrogens with zero attached hydrogens (tertiary/aromatic N) is 1. The van der Waals surface area contributed by atoms with Gasteiger partial charge < -0.3 is 29.1 Å². The topological polar surface area (TPSA) is 122 Å². The third kappa shape index (κ3) is 7.40. The molecule has 1 N–H and O–H groups in total. The molecule has 0 aliphatic carbocycles. The summed E-state index contributed by atoms with van der Waals surface area (Å²) in [5.74, 6) is 0.556. The van der Waals surface area contributed by atoms with Crippen molar-refractivity contribution in [1.29, 1.82) is 0 Å². The van der Waals surface area contributed by atoms with Crippen LogP contribution < -0.4 is 19.6 Å². The van der Waals surface area contributed by atoms with Crippen LogP contribution in [0.4, 0.5) is 0 Å². The van der Waals surface area contributed by atoms with Crippen LogP contribution in [0.15, 0.2) is 54.6 Å². The van der Waals surface area contributed by atoms with Gasteiger partial charge in [-0.3, -0.25) is 9.59 Å². The maximum absolute atomic E-state index is 12.9. The predicted molar refractivity (Wildman–Crippen MR) is 115 cm³/mol. The van der Waals surface area contributed by atoms with Gasteiger partial charge in [-0.25, -0.2) is 0 Å². The van der Waals surface area contributed by atoms with Crippen LogP contribution in [-0.4, -0.2) is 47.4 Å². The number of nitrogens with one attached hydrogen (secondary N) is 1. The second-order valence-electron chi connectivity index (χ2n) is 7.08. The van der Waals surface area contributed by atoms with Crippen molar-refractivity contribution in [2.75, 3.05) is 24.6 Å². The van der Waals surface area contributed by atoms with Gasteiger partial charge in [0.05, 0.1) is 0 Å². The summed E-state index contributed by atoms with van der Waals surface area (Å²) in [6, 6.07) is 14.6. The maximum atomic E-state index is 12.9. The monoisotopic (exact) mass is 462 g/mol. The number of carbonyl (C=O) groups excluding carboxylic acids is 2. The summed E-state index contributed by atoms with van der Waals surface area (Å²) in [5, 5.41) is 2.76. The van der Waals surface area contributed by atoms with E-state index in [-0.39, 0.29) is 17.2 Å². The van der Waals surface area contributed by atoms with Crippen LogP contribution in [0, 0.1) is 0 Å². The highest BCUT2D eigenvalue weighted by Gasteiger charge is 2.28. The number of rotatable bonds is 8. The Morgan fingerprint density at radius 2 is 1.87 bits per heavy atom. The summed E-state index contributed by atoms with van der Waals surface area (Å²) in [5.41, 5.74) is 1.46. The molecule has 0 saturated carbocycles. The molecule has 166 valence electrons. The highest BCUT2D eigenvalue weighted by molar-refractivity contribution is 7.99. The van der Waals surface area contributed by atoms with Gasteiger partial charge in [-0.05, 0) is 42.7 Å². The number of amides is 2. The summed E-state index contributed by atoms with van der Waals surface area (Å²) >= 11 is 1.61. The molecule has 1 atom stereocenters. The van der Waals surface area contributed by atoms with Crippen molar-refractivity contribution in [2.45, 2.75) is 18.9 Å². The lowest BCUT2D eigenvalue weighted by Crippen LogP contribution is -2.49. The largest absolute Gasteiger partial charge is 0.780 e. The number of phosphoric ester groups is 1. The minimum absolute atomic E-state index is 0.106. The normalized spacial score (nSPS) is 17.2. The Kier molecular flexibility index (Phi) is 8.15. The fourth-order valence-corrected chi connectivity index (χ4v) is 4.62. The van der Waals surface area contributed by atoms with Gasteiger partial charge in [0.15, 0.2) is 0 Å². The predicted octanol–water partition coefficient (Wildman–Crippen LogP) is 1.20. The number of carbonyl (C=O) groups is 2.